The normalized spacial score (nSPS) is 15.5. The van der Waals surface area contributed by atoms with E-state index in [-0.39, 0.29) is 12.6 Å². The molecule has 1 aromatic rings. The summed E-state index contributed by atoms with van der Waals surface area (Å²) in [5.74, 6) is 0.616. The highest BCUT2D eigenvalue weighted by atomic mass is 32.1. The molecule has 86 valence electrons. The predicted octanol–water partition coefficient (Wildman–Crippen LogP) is 2.81. The largest absolute Gasteiger partial charge is 0.395 e. The van der Waals surface area contributed by atoms with Gasteiger partial charge in [0, 0.05) is 17.0 Å². The zero-order valence-electron chi connectivity index (χ0n) is 9.73. The molecule has 0 aliphatic heterocycles. The van der Waals surface area contributed by atoms with E-state index in [1.165, 1.54) is 4.88 Å². The molecule has 1 heterocycles. The van der Waals surface area contributed by atoms with Crippen LogP contribution in [0.5, 0.6) is 0 Å². The Labute approximate surface area is 96.3 Å². The maximum Gasteiger partial charge on any atom is 0.0584 e. The van der Waals surface area contributed by atoms with Crippen molar-refractivity contribution in [3.8, 4) is 0 Å². The molecule has 0 bridgehead atoms. The summed E-state index contributed by atoms with van der Waals surface area (Å²) in [5, 5.41) is 14.8. The molecule has 0 saturated heterocycles. The summed E-state index contributed by atoms with van der Waals surface area (Å²) in [4.78, 5) is 1.33. The fourth-order valence-corrected chi connectivity index (χ4v) is 2.48. The van der Waals surface area contributed by atoms with Gasteiger partial charge in [0.25, 0.3) is 0 Å². The van der Waals surface area contributed by atoms with Crippen LogP contribution in [0.1, 0.15) is 38.1 Å². The van der Waals surface area contributed by atoms with E-state index in [1.54, 1.807) is 11.3 Å². The maximum absolute atomic E-state index is 9.26. The van der Waals surface area contributed by atoms with Crippen molar-refractivity contribution in [2.24, 2.45) is 5.92 Å². The molecule has 2 nitrogen and oxygen atoms in total. The third-order valence-electron chi connectivity index (χ3n) is 2.43. The van der Waals surface area contributed by atoms with Crippen LogP contribution in [0, 0.1) is 5.92 Å². The molecule has 0 aliphatic rings. The van der Waals surface area contributed by atoms with Gasteiger partial charge in [-0.2, -0.15) is 0 Å². The van der Waals surface area contributed by atoms with E-state index in [0.29, 0.717) is 12.0 Å². The highest BCUT2D eigenvalue weighted by Gasteiger charge is 2.14. The minimum atomic E-state index is 0.210. The Bertz CT molecular complexity index is 259. The molecular weight excluding hydrogens is 206 g/mol. The average Bonchev–Trinajstić information content (AvgIpc) is 2.68. The molecule has 2 atom stereocenters. The topological polar surface area (TPSA) is 32.3 Å². The van der Waals surface area contributed by atoms with Gasteiger partial charge in [-0.15, -0.1) is 11.3 Å². The zero-order valence-corrected chi connectivity index (χ0v) is 10.6. The third kappa shape index (κ3) is 4.33. The van der Waals surface area contributed by atoms with Crippen LogP contribution < -0.4 is 5.32 Å². The number of hydrogen-bond acceptors (Lipinski definition) is 3. The van der Waals surface area contributed by atoms with E-state index in [4.69, 9.17) is 0 Å². The summed E-state index contributed by atoms with van der Waals surface area (Å²) in [6.07, 6.45) is 1.02. The second-order valence-corrected chi connectivity index (χ2v) is 5.39. The van der Waals surface area contributed by atoms with Gasteiger partial charge in [-0.05, 0) is 30.7 Å². The molecule has 1 aromatic heterocycles. The van der Waals surface area contributed by atoms with Gasteiger partial charge < -0.3 is 10.4 Å². The van der Waals surface area contributed by atoms with Gasteiger partial charge in [0.05, 0.1) is 6.61 Å². The van der Waals surface area contributed by atoms with Gasteiger partial charge in [0.15, 0.2) is 0 Å². The average molecular weight is 227 g/mol. The van der Waals surface area contributed by atoms with Crippen molar-refractivity contribution in [3.05, 3.63) is 22.4 Å². The van der Waals surface area contributed by atoms with Crippen LogP contribution in [0.25, 0.3) is 0 Å². The summed E-state index contributed by atoms with van der Waals surface area (Å²) in [5.41, 5.74) is 0. The Morgan fingerprint density at radius 3 is 2.60 bits per heavy atom. The summed E-state index contributed by atoms with van der Waals surface area (Å²) in [6, 6.07) is 4.74. The Balaban J connectivity index is 2.44. The molecular formula is C12H21NOS. The number of aliphatic hydroxyl groups excluding tert-OH is 1. The minimum absolute atomic E-state index is 0.210. The quantitative estimate of drug-likeness (QED) is 0.783. The van der Waals surface area contributed by atoms with E-state index >= 15 is 0 Å². The molecule has 15 heavy (non-hydrogen) atoms. The smallest absolute Gasteiger partial charge is 0.0584 e. The van der Waals surface area contributed by atoms with Crippen LogP contribution in [0.3, 0.4) is 0 Å². The molecule has 1 rings (SSSR count). The third-order valence-corrected chi connectivity index (χ3v) is 3.49. The first-order chi connectivity index (χ1) is 7.13. The lowest BCUT2D eigenvalue weighted by atomic mass is 10.0. The SMILES string of the molecule is CC(C)C[C@H](CO)N[C@@H](C)c1cccs1. The molecule has 0 aromatic carbocycles. The molecule has 0 fully saturated rings. The van der Waals surface area contributed by atoms with Crippen LogP contribution in [-0.2, 0) is 0 Å². The summed E-state index contributed by atoms with van der Waals surface area (Å²) in [6.45, 7) is 6.73. The van der Waals surface area contributed by atoms with Crippen LogP contribution in [0.15, 0.2) is 17.5 Å². The van der Waals surface area contributed by atoms with E-state index in [0.717, 1.165) is 6.42 Å². The lowest BCUT2D eigenvalue weighted by molar-refractivity contribution is 0.216. The predicted molar refractivity (Wildman–Crippen MR) is 66.2 cm³/mol. The Morgan fingerprint density at radius 1 is 1.40 bits per heavy atom. The molecule has 0 spiro atoms. The molecule has 3 heteroatoms. The summed E-state index contributed by atoms with van der Waals surface area (Å²) >= 11 is 1.76. The standard InChI is InChI=1S/C12H21NOS/c1-9(2)7-11(8-14)13-10(3)12-5-4-6-15-12/h4-6,9-11,13-14H,7-8H2,1-3H3/t10-,11+/m0/s1. The fraction of sp³-hybridized carbons (Fsp3) is 0.667. The first kappa shape index (κ1) is 12.7. The Hall–Kier alpha value is -0.380. The van der Waals surface area contributed by atoms with Gasteiger partial charge in [-0.25, -0.2) is 0 Å². The number of rotatable bonds is 6. The zero-order chi connectivity index (χ0) is 11.3. The Morgan fingerprint density at radius 2 is 2.13 bits per heavy atom. The van der Waals surface area contributed by atoms with Gasteiger partial charge >= 0.3 is 0 Å². The number of aliphatic hydroxyl groups is 1. The van der Waals surface area contributed by atoms with Crippen LogP contribution >= 0.6 is 11.3 Å². The van der Waals surface area contributed by atoms with Crippen molar-refractivity contribution in [3.63, 3.8) is 0 Å². The van der Waals surface area contributed by atoms with Crippen LogP contribution in [0.4, 0.5) is 0 Å². The highest BCUT2D eigenvalue weighted by molar-refractivity contribution is 7.10. The van der Waals surface area contributed by atoms with Crippen molar-refractivity contribution in [2.45, 2.75) is 39.3 Å². The summed E-state index contributed by atoms with van der Waals surface area (Å²) in [7, 11) is 0. The number of thiophene rings is 1. The maximum atomic E-state index is 9.26. The number of hydrogen-bond donors (Lipinski definition) is 2. The van der Waals surface area contributed by atoms with Crippen molar-refractivity contribution in [2.75, 3.05) is 6.61 Å². The molecule has 0 unspecified atom stereocenters. The van der Waals surface area contributed by atoms with Crippen molar-refractivity contribution in [1.29, 1.82) is 0 Å². The van der Waals surface area contributed by atoms with Gasteiger partial charge in [-0.1, -0.05) is 19.9 Å². The second kappa shape index (κ2) is 6.26. The summed E-state index contributed by atoms with van der Waals surface area (Å²) < 4.78 is 0. The van der Waals surface area contributed by atoms with Gasteiger partial charge in [0.1, 0.15) is 0 Å². The van der Waals surface area contributed by atoms with E-state index in [1.807, 2.05) is 0 Å². The fourth-order valence-electron chi connectivity index (χ4n) is 1.74. The molecule has 2 N–H and O–H groups in total. The minimum Gasteiger partial charge on any atom is -0.395 e. The van der Waals surface area contributed by atoms with Crippen molar-refractivity contribution >= 4 is 11.3 Å². The lowest BCUT2D eigenvalue weighted by Gasteiger charge is -2.22. The van der Waals surface area contributed by atoms with Crippen molar-refractivity contribution in [1.82, 2.24) is 5.32 Å². The second-order valence-electron chi connectivity index (χ2n) is 4.41. The monoisotopic (exact) mass is 227 g/mol. The molecule has 0 saturated carbocycles. The molecule has 0 amide bonds. The van der Waals surface area contributed by atoms with E-state index in [2.05, 4.69) is 43.6 Å². The first-order valence-electron chi connectivity index (χ1n) is 5.53. The lowest BCUT2D eigenvalue weighted by Crippen LogP contribution is -2.35. The van der Waals surface area contributed by atoms with Crippen molar-refractivity contribution < 1.29 is 5.11 Å². The Kier molecular flexibility index (Phi) is 5.29. The van der Waals surface area contributed by atoms with E-state index < -0.39 is 0 Å². The highest BCUT2D eigenvalue weighted by Crippen LogP contribution is 2.19. The van der Waals surface area contributed by atoms with Gasteiger partial charge in [0.2, 0.25) is 0 Å². The molecule has 0 radical (unpaired) electrons. The van der Waals surface area contributed by atoms with Gasteiger partial charge in [-0.3, -0.25) is 0 Å². The first-order valence-corrected chi connectivity index (χ1v) is 6.41. The molecule has 0 aliphatic carbocycles. The van der Waals surface area contributed by atoms with Crippen LogP contribution in [-0.4, -0.2) is 17.8 Å². The van der Waals surface area contributed by atoms with Crippen LogP contribution in [0.2, 0.25) is 0 Å². The van der Waals surface area contributed by atoms with E-state index in [9.17, 15) is 5.11 Å². The number of nitrogens with one attached hydrogen (secondary N) is 1.